The van der Waals surface area contributed by atoms with Crippen LogP contribution in [0, 0.1) is 0 Å². The first-order valence-electron chi connectivity index (χ1n) is 10.8. The van der Waals surface area contributed by atoms with Gasteiger partial charge in [0.2, 0.25) is 0 Å². The SMILES string of the molecule is CC(=O)OC[C@H]1O[C@@H](n2cc(-c3cccc(C(F)(F)F)c3)c(=O)n(C)c2=O)C(OC(C)=O)C1OC(C)=O. The van der Waals surface area contributed by atoms with Gasteiger partial charge in [-0.1, -0.05) is 12.1 Å². The third-order valence-electron chi connectivity index (χ3n) is 5.43. The van der Waals surface area contributed by atoms with E-state index >= 15 is 0 Å². The van der Waals surface area contributed by atoms with Gasteiger partial charge >= 0.3 is 29.8 Å². The lowest BCUT2D eigenvalue weighted by Crippen LogP contribution is -2.44. The van der Waals surface area contributed by atoms with Gasteiger partial charge in [0.15, 0.2) is 18.4 Å². The maximum atomic E-state index is 13.3. The molecule has 0 aliphatic carbocycles. The van der Waals surface area contributed by atoms with E-state index in [0.29, 0.717) is 4.57 Å². The Labute approximate surface area is 207 Å². The summed E-state index contributed by atoms with van der Waals surface area (Å²) in [4.78, 5) is 60.8. The Morgan fingerprint density at radius 3 is 2.19 bits per heavy atom. The first-order chi connectivity index (χ1) is 17.2. The van der Waals surface area contributed by atoms with Crippen molar-refractivity contribution in [2.75, 3.05) is 6.61 Å². The molecule has 11 nitrogen and oxygen atoms in total. The summed E-state index contributed by atoms with van der Waals surface area (Å²) in [6, 6.07) is 3.93. The molecule has 0 amide bonds. The monoisotopic (exact) mass is 528 g/mol. The van der Waals surface area contributed by atoms with E-state index in [1.54, 1.807) is 0 Å². The lowest BCUT2D eigenvalue weighted by Gasteiger charge is -2.24. The summed E-state index contributed by atoms with van der Waals surface area (Å²) in [6.45, 7) is 2.81. The highest BCUT2D eigenvalue weighted by atomic mass is 19.4. The molecule has 200 valence electrons. The molecule has 1 aliphatic rings. The maximum absolute atomic E-state index is 13.3. The van der Waals surface area contributed by atoms with Crippen LogP contribution in [0.1, 0.15) is 32.6 Å². The van der Waals surface area contributed by atoms with E-state index < -0.39 is 72.0 Å². The Morgan fingerprint density at radius 2 is 1.62 bits per heavy atom. The van der Waals surface area contributed by atoms with E-state index in [0.717, 1.165) is 56.8 Å². The third kappa shape index (κ3) is 6.07. The number of hydrogen-bond acceptors (Lipinski definition) is 9. The second kappa shape index (κ2) is 10.6. The molecule has 0 saturated carbocycles. The largest absolute Gasteiger partial charge is 0.463 e. The van der Waals surface area contributed by atoms with Crippen molar-refractivity contribution in [3.05, 3.63) is 56.9 Å². The van der Waals surface area contributed by atoms with Gasteiger partial charge in [-0.05, 0) is 17.7 Å². The second-order valence-electron chi connectivity index (χ2n) is 8.19. The molecule has 2 aromatic rings. The number of esters is 3. The molecule has 1 aromatic carbocycles. The van der Waals surface area contributed by atoms with Crippen molar-refractivity contribution >= 4 is 17.9 Å². The van der Waals surface area contributed by atoms with Crippen molar-refractivity contribution in [1.29, 1.82) is 0 Å². The number of hydrogen-bond donors (Lipinski definition) is 0. The van der Waals surface area contributed by atoms with Crippen molar-refractivity contribution in [1.82, 2.24) is 9.13 Å². The number of carbonyl (C=O) groups is 3. The molecule has 0 spiro atoms. The minimum absolute atomic E-state index is 0.140. The lowest BCUT2D eigenvalue weighted by atomic mass is 10.0. The number of aromatic nitrogens is 2. The molecule has 2 heterocycles. The average molecular weight is 528 g/mol. The zero-order valence-electron chi connectivity index (χ0n) is 20.1. The molecule has 1 fully saturated rings. The molecular weight excluding hydrogens is 505 g/mol. The minimum atomic E-state index is -4.69. The Balaban J connectivity index is 2.17. The molecule has 1 saturated heterocycles. The number of ether oxygens (including phenoxy) is 4. The zero-order valence-corrected chi connectivity index (χ0v) is 20.1. The summed E-state index contributed by atoms with van der Waals surface area (Å²) in [7, 11) is 1.11. The topological polar surface area (TPSA) is 132 Å². The summed E-state index contributed by atoms with van der Waals surface area (Å²) in [5.41, 5.74) is -3.30. The summed E-state index contributed by atoms with van der Waals surface area (Å²) >= 11 is 0. The second-order valence-corrected chi connectivity index (χ2v) is 8.19. The maximum Gasteiger partial charge on any atom is 0.416 e. The molecule has 4 atom stereocenters. The highest BCUT2D eigenvalue weighted by Crippen LogP contribution is 2.35. The van der Waals surface area contributed by atoms with E-state index in [-0.39, 0.29) is 11.1 Å². The predicted octanol–water partition coefficient (Wildman–Crippen LogP) is 1.56. The first-order valence-corrected chi connectivity index (χ1v) is 10.8. The van der Waals surface area contributed by atoms with Crippen LogP contribution in [0.5, 0.6) is 0 Å². The van der Waals surface area contributed by atoms with Gasteiger partial charge in [0, 0.05) is 34.0 Å². The summed E-state index contributed by atoms with van der Waals surface area (Å²) in [5.74, 6) is -2.32. The molecule has 0 radical (unpaired) electrons. The van der Waals surface area contributed by atoms with Gasteiger partial charge in [-0.15, -0.1) is 0 Å². The molecule has 14 heteroatoms. The fraction of sp³-hybridized carbons (Fsp3) is 0.435. The number of rotatable bonds is 6. The number of benzene rings is 1. The van der Waals surface area contributed by atoms with Gasteiger partial charge in [-0.2, -0.15) is 13.2 Å². The quantitative estimate of drug-likeness (QED) is 0.405. The van der Waals surface area contributed by atoms with E-state index in [1.807, 2.05) is 0 Å². The van der Waals surface area contributed by atoms with Crippen LogP contribution in [0.4, 0.5) is 13.2 Å². The Morgan fingerprint density at radius 1 is 1.00 bits per heavy atom. The van der Waals surface area contributed by atoms with Crippen molar-refractivity contribution < 1.29 is 46.5 Å². The summed E-state index contributed by atoms with van der Waals surface area (Å²) < 4.78 is 62.5. The van der Waals surface area contributed by atoms with Crippen LogP contribution in [0.15, 0.2) is 40.1 Å². The molecule has 0 bridgehead atoms. The van der Waals surface area contributed by atoms with Crippen LogP contribution in [-0.2, 0) is 46.6 Å². The Hall–Kier alpha value is -3.94. The Kier molecular flexibility index (Phi) is 7.91. The molecular formula is C23H23F3N2O9. The summed E-state index contributed by atoms with van der Waals surface area (Å²) in [6.07, 6.45) is -9.17. The van der Waals surface area contributed by atoms with Crippen molar-refractivity contribution in [2.24, 2.45) is 7.05 Å². The molecule has 37 heavy (non-hydrogen) atoms. The third-order valence-corrected chi connectivity index (χ3v) is 5.43. The van der Waals surface area contributed by atoms with E-state index in [1.165, 1.54) is 6.07 Å². The highest BCUT2D eigenvalue weighted by molar-refractivity contribution is 5.68. The number of alkyl halides is 3. The standard InChI is InChI=1S/C23H23F3N2O9/c1-11(29)34-10-17-18(35-12(2)30)19(36-13(3)31)21(37-17)28-9-16(20(32)27(4)22(28)33)14-6-5-7-15(8-14)23(24,25)26/h5-9,17-19,21H,10H2,1-4H3/t17-,18?,19?,21-/m1/s1. The van der Waals surface area contributed by atoms with Crippen LogP contribution >= 0.6 is 0 Å². The number of carbonyl (C=O) groups excluding carboxylic acids is 3. The van der Waals surface area contributed by atoms with Gasteiger partial charge in [-0.25, -0.2) is 4.79 Å². The van der Waals surface area contributed by atoms with E-state index in [2.05, 4.69) is 0 Å². The molecule has 1 aromatic heterocycles. The van der Waals surface area contributed by atoms with Crippen LogP contribution in [0.2, 0.25) is 0 Å². The first kappa shape index (κ1) is 27.6. The van der Waals surface area contributed by atoms with Crippen molar-refractivity contribution in [3.63, 3.8) is 0 Å². The van der Waals surface area contributed by atoms with Crippen LogP contribution < -0.4 is 11.2 Å². The number of halogens is 3. The zero-order chi connectivity index (χ0) is 27.7. The lowest BCUT2D eigenvalue weighted by molar-refractivity contribution is -0.166. The van der Waals surface area contributed by atoms with Crippen molar-refractivity contribution in [3.8, 4) is 11.1 Å². The van der Waals surface area contributed by atoms with Gasteiger partial charge in [0.1, 0.15) is 12.7 Å². The Bertz CT molecular complexity index is 1330. The molecule has 1 aliphatic heterocycles. The van der Waals surface area contributed by atoms with E-state index in [4.69, 9.17) is 18.9 Å². The summed E-state index contributed by atoms with van der Waals surface area (Å²) in [5, 5.41) is 0. The van der Waals surface area contributed by atoms with Gasteiger partial charge in [-0.3, -0.25) is 28.3 Å². The van der Waals surface area contributed by atoms with Crippen LogP contribution in [0.25, 0.3) is 11.1 Å². The van der Waals surface area contributed by atoms with Gasteiger partial charge < -0.3 is 18.9 Å². The fourth-order valence-corrected chi connectivity index (χ4v) is 3.85. The van der Waals surface area contributed by atoms with Crippen LogP contribution in [0.3, 0.4) is 0 Å². The predicted molar refractivity (Wildman–Crippen MR) is 118 cm³/mol. The smallest absolute Gasteiger partial charge is 0.416 e. The fourth-order valence-electron chi connectivity index (χ4n) is 3.85. The molecule has 2 unspecified atom stereocenters. The average Bonchev–Trinajstić information content (AvgIpc) is 3.11. The van der Waals surface area contributed by atoms with Gasteiger partial charge in [0.25, 0.3) is 5.56 Å². The number of nitrogens with zero attached hydrogens (tertiary/aromatic N) is 2. The highest BCUT2D eigenvalue weighted by Gasteiger charge is 2.51. The van der Waals surface area contributed by atoms with Crippen LogP contribution in [-0.4, -0.2) is 52.0 Å². The minimum Gasteiger partial charge on any atom is -0.463 e. The van der Waals surface area contributed by atoms with E-state index in [9.17, 15) is 37.1 Å². The van der Waals surface area contributed by atoms with Crippen molar-refractivity contribution in [2.45, 2.75) is 51.5 Å². The van der Waals surface area contributed by atoms with Gasteiger partial charge in [0.05, 0.1) is 11.1 Å². The molecule has 3 rings (SSSR count). The molecule has 0 N–H and O–H groups in total. The normalized spacial score (nSPS) is 21.4.